The van der Waals surface area contributed by atoms with Gasteiger partial charge in [0, 0.05) is 11.3 Å². The fraction of sp³-hybridized carbons (Fsp3) is 0.200. The van der Waals surface area contributed by atoms with Crippen LogP contribution in [0.3, 0.4) is 0 Å². The molecule has 0 aliphatic rings. The van der Waals surface area contributed by atoms with Crippen LogP contribution in [0.5, 0.6) is 0 Å². The predicted octanol–water partition coefficient (Wildman–Crippen LogP) is 2.83. The summed E-state index contributed by atoms with van der Waals surface area (Å²) in [4.78, 5) is 0. The molecule has 0 radical (unpaired) electrons. The van der Waals surface area contributed by atoms with Crippen LogP contribution < -0.4 is 5.73 Å². The highest BCUT2D eigenvalue weighted by molar-refractivity contribution is 7.89. The molecule has 0 unspecified atom stereocenters. The molecule has 0 saturated heterocycles. The van der Waals surface area contributed by atoms with Gasteiger partial charge in [-0.2, -0.15) is 0 Å². The van der Waals surface area contributed by atoms with Crippen molar-refractivity contribution in [1.82, 2.24) is 0 Å². The standard InChI is InChI=1S/C15H16FNO2S/c1-11-3-2-4-12(7-11)9-20(18,19)10-13-5-6-14(17)8-15(13)16/h2-8H,9-10,17H2,1H3. The second-order valence-electron chi connectivity index (χ2n) is 4.87. The van der Waals surface area contributed by atoms with Crippen molar-refractivity contribution in [3.63, 3.8) is 0 Å². The van der Waals surface area contributed by atoms with Gasteiger partial charge in [-0.3, -0.25) is 0 Å². The first kappa shape index (κ1) is 14.5. The number of aryl methyl sites for hydroxylation is 1. The van der Waals surface area contributed by atoms with E-state index in [1.807, 2.05) is 25.1 Å². The fourth-order valence-electron chi connectivity index (χ4n) is 2.02. The number of anilines is 1. The first-order valence-electron chi connectivity index (χ1n) is 6.15. The van der Waals surface area contributed by atoms with Crippen LogP contribution in [0.25, 0.3) is 0 Å². The van der Waals surface area contributed by atoms with Gasteiger partial charge in [-0.25, -0.2) is 12.8 Å². The maximum absolute atomic E-state index is 13.6. The molecule has 0 bridgehead atoms. The molecule has 2 N–H and O–H groups in total. The van der Waals surface area contributed by atoms with Crippen LogP contribution in [-0.4, -0.2) is 8.42 Å². The molecule has 2 aromatic rings. The number of benzene rings is 2. The van der Waals surface area contributed by atoms with E-state index in [0.29, 0.717) is 5.56 Å². The van der Waals surface area contributed by atoms with Gasteiger partial charge in [0.25, 0.3) is 0 Å². The molecule has 20 heavy (non-hydrogen) atoms. The number of halogens is 1. The molecule has 0 spiro atoms. The minimum Gasteiger partial charge on any atom is -0.399 e. The number of sulfone groups is 1. The van der Waals surface area contributed by atoms with Crippen LogP contribution in [0.4, 0.5) is 10.1 Å². The van der Waals surface area contributed by atoms with E-state index in [-0.39, 0.29) is 22.8 Å². The highest BCUT2D eigenvalue weighted by atomic mass is 32.2. The van der Waals surface area contributed by atoms with Gasteiger partial charge in [0.15, 0.2) is 9.84 Å². The Bertz CT molecular complexity index is 726. The average Bonchev–Trinajstić information content (AvgIpc) is 2.32. The summed E-state index contributed by atoms with van der Waals surface area (Å²) < 4.78 is 37.9. The number of hydrogen-bond donors (Lipinski definition) is 1. The summed E-state index contributed by atoms with van der Waals surface area (Å²) in [5.74, 6) is -1.01. The summed E-state index contributed by atoms with van der Waals surface area (Å²) in [5, 5.41) is 0. The van der Waals surface area contributed by atoms with Crippen LogP contribution in [0.1, 0.15) is 16.7 Å². The first-order valence-corrected chi connectivity index (χ1v) is 7.98. The van der Waals surface area contributed by atoms with Crippen molar-refractivity contribution >= 4 is 15.5 Å². The molecule has 0 saturated carbocycles. The monoisotopic (exact) mass is 293 g/mol. The lowest BCUT2D eigenvalue weighted by Crippen LogP contribution is -2.09. The van der Waals surface area contributed by atoms with Gasteiger partial charge in [-0.1, -0.05) is 35.9 Å². The SMILES string of the molecule is Cc1cccc(CS(=O)(=O)Cc2ccc(N)cc2F)c1. The molecule has 0 heterocycles. The van der Waals surface area contributed by atoms with E-state index in [1.165, 1.54) is 12.1 Å². The zero-order valence-electron chi connectivity index (χ0n) is 11.1. The van der Waals surface area contributed by atoms with Gasteiger partial charge in [0.05, 0.1) is 11.5 Å². The predicted molar refractivity (Wildman–Crippen MR) is 78.3 cm³/mol. The topological polar surface area (TPSA) is 60.2 Å². The van der Waals surface area contributed by atoms with E-state index in [0.717, 1.165) is 11.6 Å². The van der Waals surface area contributed by atoms with Crippen molar-refractivity contribution in [2.45, 2.75) is 18.4 Å². The molecule has 0 aliphatic heterocycles. The van der Waals surface area contributed by atoms with Gasteiger partial charge in [-0.15, -0.1) is 0 Å². The van der Waals surface area contributed by atoms with Crippen molar-refractivity contribution in [2.75, 3.05) is 5.73 Å². The molecule has 5 heteroatoms. The Labute approximate surface area is 118 Å². The molecule has 2 aromatic carbocycles. The largest absolute Gasteiger partial charge is 0.399 e. The van der Waals surface area contributed by atoms with Crippen molar-refractivity contribution in [3.05, 3.63) is 65.0 Å². The Kier molecular flexibility index (Phi) is 4.09. The molecule has 0 atom stereocenters. The maximum Gasteiger partial charge on any atom is 0.158 e. The molecular weight excluding hydrogens is 277 g/mol. The number of nitrogen functional groups attached to an aromatic ring is 1. The number of hydrogen-bond acceptors (Lipinski definition) is 3. The summed E-state index contributed by atoms with van der Waals surface area (Å²) in [5.41, 5.74) is 7.57. The van der Waals surface area contributed by atoms with Crippen LogP contribution in [0, 0.1) is 12.7 Å². The Morgan fingerprint density at radius 3 is 2.50 bits per heavy atom. The van der Waals surface area contributed by atoms with Crippen LogP contribution in [0.15, 0.2) is 42.5 Å². The van der Waals surface area contributed by atoms with Crippen LogP contribution in [-0.2, 0) is 21.3 Å². The Hall–Kier alpha value is -1.88. The van der Waals surface area contributed by atoms with E-state index in [2.05, 4.69) is 0 Å². The highest BCUT2D eigenvalue weighted by Crippen LogP contribution is 2.17. The fourth-order valence-corrected chi connectivity index (χ4v) is 3.52. The summed E-state index contributed by atoms with van der Waals surface area (Å²) in [6.45, 7) is 1.90. The average molecular weight is 293 g/mol. The second kappa shape index (κ2) is 5.63. The molecule has 3 nitrogen and oxygen atoms in total. The number of rotatable bonds is 4. The van der Waals surface area contributed by atoms with Gasteiger partial charge in [-0.05, 0) is 24.6 Å². The third-order valence-electron chi connectivity index (χ3n) is 2.92. The lowest BCUT2D eigenvalue weighted by molar-refractivity contribution is 0.586. The minimum atomic E-state index is -3.42. The van der Waals surface area contributed by atoms with Gasteiger partial charge in [0.1, 0.15) is 5.82 Å². The highest BCUT2D eigenvalue weighted by Gasteiger charge is 2.16. The van der Waals surface area contributed by atoms with Crippen LogP contribution in [0.2, 0.25) is 0 Å². The van der Waals surface area contributed by atoms with Gasteiger partial charge >= 0.3 is 0 Å². The number of nitrogens with two attached hydrogens (primary N) is 1. The third-order valence-corrected chi connectivity index (χ3v) is 4.45. The van der Waals surface area contributed by atoms with E-state index < -0.39 is 15.7 Å². The Morgan fingerprint density at radius 2 is 1.85 bits per heavy atom. The van der Waals surface area contributed by atoms with E-state index in [1.54, 1.807) is 6.07 Å². The van der Waals surface area contributed by atoms with E-state index in [9.17, 15) is 12.8 Å². The van der Waals surface area contributed by atoms with E-state index in [4.69, 9.17) is 5.73 Å². The molecule has 0 fully saturated rings. The zero-order valence-corrected chi connectivity index (χ0v) is 12.0. The summed E-state index contributed by atoms with van der Waals surface area (Å²) in [6, 6.07) is 11.3. The summed E-state index contributed by atoms with van der Waals surface area (Å²) in [6.07, 6.45) is 0. The molecule has 0 amide bonds. The minimum absolute atomic E-state index is 0.0987. The summed E-state index contributed by atoms with van der Waals surface area (Å²) >= 11 is 0. The quantitative estimate of drug-likeness (QED) is 0.882. The van der Waals surface area contributed by atoms with Gasteiger partial charge in [0.2, 0.25) is 0 Å². The van der Waals surface area contributed by atoms with Gasteiger partial charge < -0.3 is 5.73 Å². The first-order chi connectivity index (χ1) is 9.35. The molecule has 0 aliphatic carbocycles. The second-order valence-corrected chi connectivity index (χ2v) is 6.94. The lowest BCUT2D eigenvalue weighted by atomic mass is 10.2. The molecule has 0 aromatic heterocycles. The van der Waals surface area contributed by atoms with Crippen molar-refractivity contribution < 1.29 is 12.8 Å². The molecule has 106 valence electrons. The van der Waals surface area contributed by atoms with E-state index >= 15 is 0 Å². The molecular formula is C15H16FNO2S. The normalized spacial score (nSPS) is 11.5. The van der Waals surface area contributed by atoms with Crippen molar-refractivity contribution in [1.29, 1.82) is 0 Å². The smallest absolute Gasteiger partial charge is 0.158 e. The van der Waals surface area contributed by atoms with Crippen LogP contribution >= 0.6 is 0 Å². The Morgan fingerprint density at radius 1 is 1.10 bits per heavy atom. The Balaban J connectivity index is 2.19. The van der Waals surface area contributed by atoms with Crippen molar-refractivity contribution in [2.24, 2.45) is 0 Å². The third kappa shape index (κ3) is 3.81. The molecule has 2 rings (SSSR count). The van der Waals surface area contributed by atoms with Crippen molar-refractivity contribution in [3.8, 4) is 0 Å². The summed E-state index contributed by atoms with van der Waals surface area (Å²) in [7, 11) is -3.42. The lowest BCUT2D eigenvalue weighted by Gasteiger charge is -2.07. The maximum atomic E-state index is 13.6. The zero-order chi connectivity index (χ0) is 14.8.